The van der Waals surface area contributed by atoms with Gasteiger partial charge in [0.25, 0.3) is 0 Å². The summed E-state index contributed by atoms with van der Waals surface area (Å²) in [5.74, 6) is 0. The molecule has 0 aromatic heterocycles. The molecule has 0 unspecified atom stereocenters. The Morgan fingerprint density at radius 2 is 0.960 bits per heavy atom. The second-order valence-electron chi connectivity index (χ2n) is 5.57. The smallest absolute Gasteiger partial charge is 0.501 e. The molecular formula is C24H28Zr. The average molecular weight is 408 g/mol. The second kappa shape index (κ2) is 17.4. The number of hydrogen-bond acceptors (Lipinski definition) is 0. The third-order valence-electron chi connectivity index (χ3n) is 3.31. The molecule has 128 valence electrons. The van der Waals surface area contributed by atoms with E-state index in [1.165, 1.54) is 38.5 Å². The normalized spacial score (nSPS) is 13.1. The van der Waals surface area contributed by atoms with Crippen LogP contribution in [0.4, 0.5) is 0 Å². The maximum atomic E-state index is 3.72. The molecule has 0 saturated heterocycles. The van der Waals surface area contributed by atoms with E-state index in [9.17, 15) is 0 Å². The minimum absolute atomic E-state index is 0. The van der Waals surface area contributed by atoms with Crippen LogP contribution in [-0.4, -0.2) is 0 Å². The zero-order valence-electron chi connectivity index (χ0n) is 15.1. The Kier molecular flexibility index (Phi) is 16.4. The molecule has 2 aromatic rings. The maximum absolute atomic E-state index is 3.72. The fourth-order valence-electron chi connectivity index (χ4n) is 1.98. The third kappa shape index (κ3) is 15.8. The summed E-state index contributed by atoms with van der Waals surface area (Å²) in [7, 11) is 0. The summed E-state index contributed by atoms with van der Waals surface area (Å²) in [5.41, 5.74) is 2.14. The Morgan fingerprint density at radius 1 is 0.600 bits per heavy atom. The fraction of sp³-hybridized carbons (Fsp3) is 0.250. The van der Waals surface area contributed by atoms with Crippen LogP contribution >= 0.6 is 0 Å². The molecule has 25 heavy (non-hydrogen) atoms. The molecule has 0 fully saturated rings. The molecule has 2 aromatic carbocycles. The van der Waals surface area contributed by atoms with Gasteiger partial charge >= 0.3 is 26.2 Å². The van der Waals surface area contributed by atoms with Gasteiger partial charge in [-0.25, -0.2) is 0 Å². The van der Waals surface area contributed by atoms with Crippen molar-refractivity contribution in [1.82, 2.24) is 0 Å². The monoisotopic (exact) mass is 406 g/mol. The van der Waals surface area contributed by atoms with Crippen molar-refractivity contribution in [1.29, 1.82) is 0 Å². The molecule has 2 aliphatic carbocycles. The Morgan fingerprint density at radius 3 is 1.08 bits per heavy atom. The van der Waals surface area contributed by atoms with E-state index in [1.807, 2.05) is 60.7 Å². The van der Waals surface area contributed by atoms with Crippen LogP contribution in [-0.2, 0) is 26.2 Å². The van der Waals surface area contributed by atoms with E-state index in [0.717, 1.165) is 11.1 Å². The predicted molar refractivity (Wildman–Crippen MR) is 105 cm³/mol. The standard InChI is InChI=1S/2C7H7.2C5H7.Zr/c2*1-7-5-3-2-4-6-7;2*1-2-4-5-3-1;/h2*2-6H,1H2;2*1H,2,4-5H2;/q4*-1;+4. The molecule has 0 atom stereocenters. The minimum Gasteiger partial charge on any atom is -0.501 e. The van der Waals surface area contributed by atoms with Gasteiger partial charge in [0.1, 0.15) is 0 Å². The minimum atomic E-state index is 0. The Labute approximate surface area is 174 Å². The molecule has 2 aliphatic rings. The summed E-state index contributed by atoms with van der Waals surface area (Å²) < 4.78 is 0. The first-order valence-corrected chi connectivity index (χ1v) is 8.63. The molecule has 1 heteroatoms. The van der Waals surface area contributed by atoms with Gasteiger partial charge in [-0.3, -0.25) is 12.2 Å². The molecule has 0 bridgehead atoms. The Balaban J connectivity index is 0.000000307. The molecule has 0 aliphatic heterocycles. The topological polar surface area (TPSA) is 0 Å². The Bertz CT molecular complexity index is 490. The van der Waals surface area contributed by atoms with Crippen LogP contribution in [0.1, 0.15) is 49.7 Å². The third-order valence-corrected chi connectivity index (χ3v) is 3.31. The summed E-state index contributed by atoms with van der Waals surface area (Å²) >= 11 is 0. The first-order valence-electron chi connectivity index (χ1n) is 8.63. The van der Waals surface area contributed by atoms with Crippen molar-refractivity contribution in [3.8, 4) is 0 Å². The molecule has 0 N–H and O–H groups in total. The van der Waals surface area contributed by atoms with Crippen molar-refractivity contribution in [2.45, 2.75) is 38.5 Å². The van der Waals surface area contributed by atoms with E-state index in [2.05, 4.69) is 38.2 Å². The van der Waals surface area contributed by atoms with E-state index in [0.29, 0.717) is 0 Å². The summed E-state index contributed by atoms with van der Waals surface area (Å²) in [5, 5.41) is 0. The van der Waals surface area contributed by atoms with E-state index in [4.69, 9.17) is 0 Å². The summed E-state index contributed by atoms with van der Waals surface area (Å²) in [6, 6.07) is 19.7. The van der Waals surface area contributed by atoms with Gasteiger partial charge in [-0.05, 0) is 0 Å². The van der Waals surface area contributed by atoms with Crippen molar-refractivity contribution in [2.75, 3.05) is 0 Å². The van der Waals surface area contributed by atoms with Crippen molar-refractivity contribution < 1.29 is 26.2 Å². The summed E-state index contributed by atoms with van der Waals surface area (Å²) in [6.07, 6.45) is 18.0. The number of hydrogen-bond donors (Lipinski definition) is 0. The van der Waals surface area contributed by atoms with Gasteiger partial charge in [0.05, 0.1) is 0 Å². The SMILES string of the molecule is [C-]1=CCCC1.[C-]1=CCCC1.[CH2-]c1ccccc1.[CH2-]c1ccccc1.[Zr+4]. The van der Waals surface area contributed by atoms with Crippen molar-refractivity contribution >= 4 is 0 Å². The molecule has 4 rings (SSSR count). The van der Waals surface area contributed by atoms with E-state index >= 15 is 0 Å². The second-order valence-corrected chi connectivity index (χ2v) is 5.57. The zero-order chi connectivity index (χ0) is 17.3. The number of allylic oxidation sites excluding steroid dienone is 4. The largest absolute Gasteiger partial charge is 4.00 e. The van der Waals surface area contributed by atoms with Gasteiger partial charge in [-0.15, -0.1) is 24.3 Å². The Hall–Kier alpha value is -1.46. The van der Waals surface area contributed by atoms with Gasteiger partial charge < -0.3 is 12.2 Å². The van der Waals surface area contributed by atoms with Crippen LogP contribution in [0.25, 0.3) is 0 Å². The van der Waals surface area contributed by atoms with Crippen molar-refractivity contribution in [2.24, 2.45) is 0 Å². The van der Waals surface area contributed by atoms with Crippen LogP contribution in [0.3, 0.4) is 0 Å². The van der Waals surface area contributed by atoms with E-state index in [1.54, 1.807) is 0 Å². The molecule has 0 amide bonds. The van der Waals surface area contributed by atoms with E-state index in [-0.39, 0.29) is 26.2 Å². The molecule has 0 saturated carbocycles. The van der Waals surface area contributed by atoms with Gasteiger partial charge in [-0.2, -0.15) is 62.1 Å². The fourth-order valence-corrected chi connectivity index (χ4v) is 1.98. The first kappa shape index (κ1) is 23.5. The van der Waals surface area contributed by atoms with Crippen molar-refractivity contribution in [3.05, 3.63) is 110 Å². The molecule has 0 spiro atoms. The van der Waals surface area contributed by atoms with Gasteiger partial charge in [0.15, 0.2) is 0 Å². The first-order chi connectivity index (χ1) is 11.8. The molecule has 0 radical (unpaired) electrons. The average Bonchev–Trinajstić information content (AvgIpc) is 3.36. The van der Waals surface area contributed by atoms with Crippen molar-refractivity contribution in [3.63, 3.8) is 0 Å². The molecule has 0 heterocycles. The summed E-state index contributed by atoms with van der Waals surface area (Å²) in [6.45, 7) is 7.44. The number of rotatable bonds is 0. The van der Waals surface area contributed by atoms with Crippen LogP contribution in [0.15, 0.2) is 72.8 Å². The molecule has 0 nitrogen and oxygen atoms in total. The maximum Gasteiger partial charge on any atom is 4.00 e. The van der Waals surface area contributed by atoms with Gasteiger partial charge in [-0.1, -0.05) is 37.8 Å². The predicted octanol–water partition coefficient (Wildman–Crippen LogP) is 6.79. The van der Waals surface area contributed by atoms with Crippen LogP contribution in [0, 0.1) is 26.0 Å². The number of benzene rings is 2. The van der Waals surface area contributed by atoms with Crippen LogP contribution < -0.4 is 0 Å². The molecular weight excluding hydrogens is 379 g/mol. The van der Waals surface area contributed by atoms with Gasteiger partial charge in [0, 0.05) is 0 Å². The quantitative estimate of drug-likeness (QED) is 0.421. The van der Waals surface area contributed by atoms with Crippen LogP contribution in [0.2, 0.25) is 0 Å². The van der Waals surface area contributed by atoms with Gasteiger partial charge in [0.2, 0.25) is 0 Å². The zero-order valence-corrected chi connectivity index (χ0v) is 17.5. The van der Waals surface area contributed by atoms with Crippen LogP contribution in [0.5, 0.6) is 0 Å². The summed E-state index contributed by atoms with van der Waals surface area (Å²) in [4.78, 5) is 0. The van der Waals surface area contributed by atoms with E-state index < -0.39 is 0 Å².